The summed E-state index contributed by atoms with van der Waals surface area (Å²) in [5, 5.41) is 10.5. The quantitative estimate of drug-likeness (QED) is 0.648. The summed E-state index contributed by atoms with van der Waals surface area (Å²) in [6.45, 7) is 7.90. The van der Waals surface area contributed by atoms with Gasteiger partial charge in [-0.05, 0) is 117 Å². The zero-order valence-electron chi connectivity index (χ0n) is 23.6. The van der Waals surface area contributed by atoms with Crippen LogP contribution in [0.4, 0.5) is 0 Å². The highest BCUT2D eigenvalue weighted by Crippen LogP contribution is 2.68. The number of aliphatic hydroxyl groups excluding tert-OH is 1. The van der Waals surface area contributed by atoms with Gasteiger partial charge in [-0.25, -0.2) is 0 Å². The molecule has 0 aromatic carbocycles. The van der Waals surface area contributed by atoms with Crippen molar-refractivity contribution in [3.8, 4) is 0 Å². The molecule has 0 aromatic rings. The number of hydrogen-bond donors (Lipinski definition) is 1. The molecule has 2 heteroatoms. The number of carbonyl (C=O) groups is 1. The standard InChI is InChI=1S/C25H42O2/c1-16(5-6-17(2)26)21-9-10-22-20-8-7-18-15-19(27)11-13-24(18,3)23(20)12-14-25(21,22)4/h16,18-23,27H,5-15H2,1-4H3/t16-,18+,19+,20+,21-,22+,23+,24+,25-/m1/s1/i6D2,11D2,15D2. The maximum Gasteiger partial charge on any atom is 0.129 e. The van der Waals surface area contributed by atoms with Crippen LogP contribution in [0, 0.1) is 46.3 Å². The number of fused-ring (bicyclic) bond motifs is 5. The molecule has 0 bridgehead atoms. The van der Waals surface area contributed by atoms with E-state index in [1.54, 1.807) is 0 Å². The summed E-state index contributed by atoms with van der Waals surface area (Å²) in [5.41, 5.74) is -0.380. The maximum atomic E-state index is 11.8. The van der Waals surface area contributed by atoms with E-state index >= 15 is 0 Å². The molecule has 0 saturated heterocycles. The van der Waals surface area contributed by atoms with E-state index in [-0.39, 0.29) is 36.0 Å². The molecule has 0 unspecified atom stereocenters. The fraction of sp³-hybridized carbons (Fsp3) is 0.960. The van der Waals surface area contributed by atoms with Gasteiger partial charge in [0.15, 0.2) is 0 Å². The molecule has 27 heavy (non-hydrogen) atoms. The minimum atomic E-state index is -1.93. The van der Waals surface area contributed by atoms with Gasteiger partial charge in [0, 0.05) is 14.6 Å². The van der Waals surface area contributed by atoms with Crippen LogP contribution in [0.5, 0.6) is 0 Å². The molecule has 4 aliphatic rings. The monoisotopic (exact) mass is 380 g/mol. The largest absolute Gasteiger partial charge is 0.393 e. The Kier molecular flexibility index (Phi) is 3.65. The lowest BCUT2D eigenvalue weighted by Gasteiger charge is -2.61. The molecular weight excluding hydrogens is 332 g/mol. The van der Waals surface area contributed by atoms with E-state index in [1.807, 2.05) is 0 Å². The molecule has 4 rings (SSSR count). The predicted molar refractivity (Wildman–Crippen MR) is 110 cm³/mol. The molecule has 1 N–H and O–H groups in total. The van der Waals surface area contributed by atoms with Crippen LogP contribution in [0.25, 0.3) is 0 Å². The third-order valence-electron chi connectivity index (χ3n) is 9.34. The van der Waals surface area contributed by atoms with Gasteiger partial charge in [-0.15, -0.1) is 0 Å². The van der Waals surface area contributed by atoms with Gasteiger partial charge in [0.25, 0.3) is 0 Å². The van der Waals surface area contributed by atoms with Gasteiger partial charge >= 0.3 is 0 Å². The lowest BCUT2D eigenvalue weighted by molar-refractivity contribution is -0.129. The van der Waals surface area contributed by atoms with Crippen molar-refractivity contribution in [1.29, 1.82) is 0 Å². The minimum Gasteiger partial charge on any atom is -0.393 e. The Morgan fingerprint density at radius 3 is 2.63 bits per heavy atom. The first-order valence-corrected chi connectivity index (χ1v) is 11.2. The van der Waals surface area contributed by atoms with E-state index in [0.29, 0.717) is 24.2 Å². The molecular formula is C25H42O2. The second-order valence-electron chi connectivity index (χ2n) is 10.6. The average molecular weight is 381 g/mol. The number of ketones is 1. The van der Waals surface area contributed by atoms with Crippen molar-refractivity contribution in [3.05, 3.63) is 0 Å². The van der Waals surface area contributed by atoms with Gasteiger partial charge in [-0.3, -0.25) is 0 Å². The molecule has 4 aliphatic carbocycles. The number of Topliss-reactive ketones (excluding diaryl/α,β-unsaturated/α-hetero) is 1. The van der Waals surface area contributed by atoms with Crippen molar-refractivity contribution in [1.82, 2.24) is 0 Å². The van der Waals surface area contributed by atoms with Gasteiger partial charge in [0.05, 0.1) is 6.10 Å². The summed E-state index contributed by atoms with van der Waals surface area (Å²) in [4.78, 5) is 11.8. The van der Waals surface area contributed by atoms with Crippen LogP contribution in [0.15, 0.2) is 0 Å². The van der Waals surface area contributed by atoms with Crippen LogP contribution < -0.4 is 0 Å². The normalized spacial score (nSPS) is 58.0. The summed E-state index contributed by atoms with van der Waals surface area (Å²) in [6.07, 6.45) is -1.06. The van der Waals surface area contributed by atoms with E-state index < -0.39 is 36.4 Å². The van der Waals surface area contributed by atoms with Gasteiger partial charge < -0.3 is 9.90 Å². The molecule has 0 heterocycles. The van der Waals surface area contributed by atoms with Crippen molar-refractivity contribution in [3.63, 3.8) is 0 Å². The molecule has 0 radical (unpaired) electrons. The molecule has 0 amide bonds. The lowest BCUT2D eigenvalue weighted by atomic mass is 9.44. The highest BCUT2D eigenvalue weighted by molar-refractivity contribution is 5.75. The summed E-state index contributed by atoms with van der Waals surface area (Å²) >= 11 is 0. The van der Waals surface area contributed by atoms with E-state index in [1.165, 1.54) is 6.92 Å². The van der Waals surface area contributed by atoms with Crippen LogP contribution in [0.3, 0.4) is 0 Å². The highest BCUT2D eigenvalue weighted by Gasteiger charge is 2.60. The molecule has 4 fully saturated rings. The molecule has 154 valence electrons. The Bertz CT molecular complexity index is 800. The Morgan fingerprint density at radius 1 is 1.15 bits per heavy atom. The molecule has 0 aromatic heterocycles. The number of rotatable bonds is 4. The van der Waals surface area contributed by atoms with Crippen LogP contribution in [-0.4, -0.2) is 17.0 Å². The molecule has 0 spiro atoms. The van der Waals surface area contributed by atoms with E-state index in [9.17, 15) is 9.90 Å². The van der Waals surface area contributed by atoms with Crippen LogP contribution in [-0.2, 0) is 4.79 Å². The van der Waals surface area contributed by atoms with Crippen molar-refractivity contribution in [2.75, 3.05) is 0 Å². The number of hydrogen-bond acceptors (Lipinski definition) is 2. The molecule has 9 atom stereocenters. The smallest absolute Gasteiger partial charge is 0.129 e. The zero-order chi connectivity index (χ0) is 24.8. The second kappa shape index (κ2) is 7.15. The number of aliphatic hydroxyl groups is 1. The second-order valence-corrected chi connectivity index (χ2v) is 10.6. The predicted octanol–water partition coefficient (Wildman–Crippen LogP) is 6.01. The van der Waals surface area contributed by atoms with E-state index in [4.69, 9.17) is 8.22 Å². The molecule has 0 aliphatic heterocycles. The van der Waals surface area contributed by atoms with Crippen LogP contribution >= 0.6 is 0 Å². The van der Waals surface area contributed by atoms with E-state index in [0.717, 1.165) is 32.1 Å². The van der Waals surface area contributed by atoms with Crippen molar-refractivity contribution in [2.24, 2.45) is 46.3 Å². The molecule has 2 nitrogen and oxygen atoms in total. The SMILES string of the molecule is [2H]C([2H])(C[C@@H](C)[C@H]1CC[C@H]2[C@@H]3CC[C@H]4C([2H])([2H])[C@@H](O)C([2H])([2H])C[C@]4(C)[C@H]3CC[C@]12C)C(C)=O. The van der Waals surface area contributed by atoms with Crippen LogP contribution in [0.2, 0.25) is 0 Å². The number of carbonyl (C=O) groups excluding carboxylic acids is 1. The van der Waals surface area contributed by atoms with Crippen LogP contribution in [0.1, 0.15) is 106 Å². The van der Waals surface area contributed by atoms with Gasteiger partial charge in [0.2, 0.25) is 0 Å². The Morgan fingerprint density at radius 2 is 1.89 bits per heavy atom. The first kappa shape index (κ1) is 13.8. The highest BCUT2D eigenvalue weighted by atomic mass is 16.3. The first-order chi connectivity index (χ1) is 15.0. The third-order valence-corrected chi connectivity index (χ3v) is 9.34. The Balaban J connectivity index is 1.59. The average Bonchev–Trinajstić information content (AvgIpc) is 3.03. The first-order valence-electron chi connectivity index (χ1n) is 14.2. The maximum absolute atomic E-state index is 11.8. The summed E-state index contributed by atoms with van der Waals surface area (Å²) in [6, 6.07) is 0. The van der Waals surface area contributed by atoms with Crippen molar-refractivity contribution in [2.45, 2.75) is 104 Å². The molecule has 4 saturated carbocycles. The van der Waals surface area contributed by atoms with Gasteiger partial charge in [0.1, 0.15) is 5.78 Å². The Hall–Kier alpha value is -0.370. The van der Waals surface area contributed by atoms with E-state index in [2.05, 4.69) is 20.8 Å². The summed E-state index contributed by atoms with van der Waals surface area (Å²) in [7, 11) is 0. The van der Waals surface area contributed by atoms with Gasteiger partial charge in [-0.1, -0.05) is 20.8 Å². The zero-order valence-corrected chi connectivity index (χ0v) is 17.6. The fourth-order valence-corrected chi connectivity index (χ4v) is 7.97. The van der Waals surface area contributed by atoms with Gasteiger partial charge in [-0.2, -0.15) is 0 Å². The fourth-order valence-electron chi connectivity index (χ4n) is 7.97. The van der Waals surface area contributed by atoms with Crippen molar-refractivity contribution >= 4 is 5.78 Å². The topological polar surface area (TPSA) is 37.3 Å². The minimum absolute atomic E-state index is 0.0862. The Labute approximate surface area is 175 Å². The summed E-state index contributed by atoms with van der Waals surface area (Å²) < 4.78 is 50.5. The van der Waals surface area contributed by atoms with Crippen molar-refractivity contribution < 1.29 is 18.1 Å². The third kappa shape index (κ3) is 3.22. The lowest BCUT2D eigenvalue weighted by Crippen LogP contribution is -2.54. The summed E-state index contributed by atoms with van der Waals surface area (Å²) in [5.74, 6) is 0.928.